The van der Waals surface area contributed by atoms with Gasteiger partial charge in [0, 0.05) is 27.7 Å². The molecule has 13 heavy (non-hydrogen) atoms. The van der Waals surface area contributed by atoms with Crippen molar-refractivity contribution in [3.05, 3.63) is 0 Å². The molecule has 2 N–H and O–H groups in total. The van der Waals surface area contributed by atoms with Crippen LogP contribution >= 0.6 is 0 Å². The molecule has 0 bridgehead atoms. The van der Waals surface area contributed by atoms with Gasteiger partial charge in [0.1, 0.15) is 0 Å². The van der Waals surface area contributed by atoms with Crippen LogP contribution < -0.4 is 5.43 Å². The Morgan fingerprint density at radius 3 is 2.23 bits per heavy atom. The van der Waals surface area contributed by atoms with Gasteiger partial charge < -0.3 is 10.0 Å². The highest BCUT2D eigenvalue weighted by Crippen LogP contribution is 1.88. The minimum Gasteiger partial charge on any atom is -0.481 e. The fourth-order valence-corrected chi connectivity index (χ4v) is 0.642. The molecule has 0 aliphatic carbocycles. The molecule has 6 heteroatoms. The van der Waals surface area contributed by atoms with E-state index in [1.54, 1.807) is 21.1 Å². The zero-order chi connectivity index (χ0) is 10.4. The highest BCUT2D eigenvalue weighted by atomic mass is 16.4. The average Bonchev–Trinajstić information content (AvgIpc) is 1.98. The van der Waals surface area contributed by atoms with E-state index in [0.29, 0.717) is 0 Å². The highest BCUT2D eigenvalue weighted by molar-refractivity contribution is 5.74. The van der Waals surface area contributed by atoms with Crippen LogP contribution in [-0.2, 0) is 4.79 Å². The van der Waals surface area contributed by atoms with Gasteiger partial charge in [0.25, 0.3) is 0 Å². The van der Waals surface area contributed by atoms with Crippen molar-refractivity contribution in [2.24, 2.45) is 0 Å². The predicted octanol–water partition coefficient (Wildman–Crippen LogP) is -0.421. The summed E-state index contributed by atoms with van der Waals surface area (Å²) in [5.74, 6) is -0.912. The molecule has 0 radical (unpaired) electrons. The monoisotopic (exact) mass is 189 g/mol. The molecular formula is C7H15N3O3. The van der Waals surface area contributed by atoms with Gasteiger partial charge >= 0.3 is 12.0 Å². The molecule has 0 spiro atoms. The molecule has 0 heterocycles. The number of hydrogen-bond acceptors (Lipinski definition) is 3. The predicted molar refractivity (Wildman–Crippen MR) is 47.1 cm³/mol. The lowest BCUT2D eigenvalue weighted by Gasteiger charge is -2.19. The first-order valence-electron chi connectivity index (χ1n) is 3.84. The van der Waals surface area contributed by atoms with Crippen LogP contribution in [0.3, 0.4) is 0 Å². The Morgan fingerprint density at radius 2 is 1.85 bits per heavy atom. The van der Waals surface area contributed by atoms with Gasteiger partial charge in [0.05, 0.1) is 6.42 Å². The second-order valence-electron chi connectivity index (χ2n) is 2.88. The molecular weight excluding hydrogens is 174 g/mol. The minimum atomic E-state index is -0.912. The maximum Gasteiger partial charge on any atom is 0.331 e. The molecule has 0 aromatic heterocycles. The topological polar surface area (TPSA) is 72.9 Å². The molecule has 0 fully saturated rings. The maximum absolute atomic E-state index is 11.1. The van der Waals surface area contributed by atoms with Crippen LogP contribution in [0.5, 0.6) is 0 Å². The number of rotatable bonds is 4. The van der Waals surface area contributed by atoms with Gasteiger partial charge in [0.15, 0.2) is 0 Å². The molecule has 0 aliphatic rings. The summed E-state index contributed by atoms with van der Waals surface area (Å²) < 4.78 is 0. The Bertz CT molecular complexity index is 193. The van der Waals surface area contributed by atoms with E-state index in [1.165, 1.54) is 9.91 Å². The summed E-state index contributed by atoms with van der Waals surface area (Å²) in [6, 6.07) is -0.314. The van der Waals surface area contributed by atoms with Crippen molar-refractivity contribution in [1.82, 2.24) is 15.3 Å². The van der Waals surface area contributed by atoms with E-state index in [2.05, 4.69) is 5.43 Å². The van der Waals surface area contributed by atoms with Crippen molar-refractivity contribution in [2.75, 3.05) is 27.7 Å². The quantitative estimate of drug-likeness (QED) is 0.589. The van der Waals surface area contributed by atoms with Crippen molar-refractivity contribution < 1.29 is 14.7 Å². The molecule has 0 saturated heterocycles. The Labute approximate surface area is 77.1 Å². The van der Waals surface area contributed by atoms with Crippen LogP contribution in [0.1, 0.15) is 6.42 Å². The number of nitrogens with zero attached hydrogens (tertiary/aromatic N) is 2. The molecule has 0 atom stereocenters. The van der Waals surface area contributed by atoms with E-state index in [9.17, 15) is 9.59 Å². The molecule has 0 rings (SSSR count). The lowest BCUT2D eigenvalue weighted by Crippen LogP contribution is -2.44. The number of nitrogens with one attached hydrogen (secondary N) is 1. The van der Waals surface area contributed by atoms with Crippen molar-refractivity contribution >= 4 is 12.0 Å². The summed E-state index contributed by atoms with van der Waals surface area (Å²) in [7, 11) is 4.91. The van der Waals surface area contributed by atoms with E-state index in [-0.39, 0.29) is 19.0 Å². The molecule has 2 amide bonds. The van der Waals surface area contributed by atoms with Gasteiger partial charge in [-0.2, -0.15) is 0 Å². The second kappa shape index (κ2) is 5.36. The van der Waals surface area contributed by atoms with Crippen LogP contribution in [0.25, 0.3) is 0 Å². The molecule has 0 aliphatic heterocycles. The number of carboxylic acids is 1. The first-order valence-corrected chi connectivity index (χ1v) is 3.84. The number of hydrogen-bond donors (Lipinski definition) is 2. The van der Waals surface area contributed by atoms with Gasteiger partial charge in [-0.1, -0.05) is 0 Å². The number of hydrazine groups is 1. The zero-order valence-electron chi connectivity index (χ0n) is 8.07. The van der Waals surface area contributed by atoms with Gasteiger partial charge in [-0.3, -0.25) is 10.2 Å². The summed E-state index contributed by atoms with van der Waals surface area (Å²) >= 11 is 0. The summed E-state index contributed by atoms with van der Waals surface area (Å²) in [6.07, 6.45) is -0.0443. The van der Waals surface area contributed by atoms with Crippen LogP contribution in [0.4, 0.5) is 4.79 Å². The number of carboxylic acid groups (broad SMARTS) is 1. The third kappa shape index (κ3) is 5.92. The first-order chi connectivity index (χ1) is 5.93. The normalized spacial score (nSPS) is 9.85. The molecule has 6 nitrogen and oxygen atoms in total. The Kier molecular flexibility index (Phi) is 4.83. The van der Waals surface area contributed by atoms with Crippen molar-refractivity contribution in [1.29, 1.82) is 0 Å². The number of carbonyl (C=O) groups is 2. The van der Waals surface area contributed by atoms with Gasteiger partial charge in [-0.25, -0.2) is 9.80 Å². The van der Waals surface area contributed by atoms with Crippen LogP contribution in [0.2, 0.25) is 0 Å². The zero-order valence-corrected chi connectivity index (χ0v) is 8.07. The van der Waals surface area contributed by atoms with Crippen molar-refractivity contribution in [2.45, 2.75) is 6.42 Å². The number of carbonyl (C=O) groups excluding carboxylic acids is 1. The van der Waals surface area contributed by atoms with Gasteiger partial charge in [-0.05, 0) is 0 Å². The lowest BCUT2D eigenvalue weighted by molar-refractivity contribution is -0.137. The molecule has 76 valence electrons. The Morgan fingerprint density at radius 1 is 1.31 bits per heavy atom. The van der Waals surface area contributed by atoms with Crippen molar-refractivity contribution in [3.8, 4) is 0 Å². The number of amides is 2. The number of urea groups is 1. The molecule has 0 unspecified atom stereocenters. The van der Waals surface area contributed by atoms with Gasteiger partial charge in [-0.15, -0.1) is 0 Å². The van der Waals surface area contributed by atoms with Crippen molar-refractivity contribution in [3.63, 3.8) is 0 Å². The Balaban J connectivity index is 3.76. The fraction of sp³-hybridized carbons (Fsp3) is 0.714. The van der Waals surface area contributed by atoms with Gasteiger partial charge in [0.2, 0.25) is 0 Å². The smallest absolute Gasteiger partial charge is 0.331 e. The minimum absolute atomic E-state index is 0.0443. The standard InChI is InChI=1S/C7H15N3O3/c1-9(2)8-7(13)10(3)5-4-6(11)12/h4-5H2,1-3H3,(H,8,13)(H,11,12). The second-order valence-corrected chi connectivity index (χ2v) is 2.88. The maximum atomic E-state index is 11.1. The Hall–Kier alpha value is -1.30. The van der Waals surface area contributed by atoms with Crippen LogP contribution in [-0.4, -0.2) is 54.7 Å². The summed E-state index contributed by atoms with van der Waals surface area (Å²) in [5, 5.41) is 9.86. The average molecular weight is 189 g/mol. The van der Waals surface area contributed by atoms with E-state index in [0.717, 1.165) is 0 Å². The van der Waals surface area contributed by atoms with Crippen LogP contribution in [0, 0.1) is 0 Å². The fourth-order valence-electron chi connectivity index (χ4n) is 0.642. The summed E-state index contributed by atoms with van der Waals surface area (Å²) in [4.78, 5) is 22.6. The summed E-state index contributed by atoms with van der Waals surface area (Å²) in [6.45, 7) is 0.203. The molecule has 0 saturated carbocycles. The molecule has 0 aromatic carbocycles. The van der Waals surface area contributed by atoms with E-state index < -0.39 is 5.97 Å². The largest absolute Gasteiger partial charge is 0.481 e. The first kappa shape index (κ1) is 11.7. The third-order valence-electron chi connectivity index (χ3n) is 1.33. The highest BCUT2D eigenvalue weighted by Gasteiger charge is 2.09. The molecule has 0 aromatic rings. The third-order valence-corrected chi connectivity index (χ3v) is 1.33. The number of aliphatic carboxylic acids is 1. The van der Waals surface area contributed by atoms with E-state index in [4.69, 9.17) is 5.11 Å². The lowest BCUT2D eigenvalue weighted by atomic mass is 10.4. The van der Waals surface area contributed by atoms with E-state index >= 15 is 0 Å². The van der Waals surface area contributed by atoms with Crippen LogP contribution in [0.15, 0.2) is 0 Å². The SMILES string of the molecule is CN(C)NC(=O)N(C)CCC(=O)O. The van der Waals surface area contributed by atoms with E-state index in [1.807, 2.05) is 0 Å². The summed E-state index contributed by atoms with van der Waals surface area (Å²) in [5.41, 5.74) is 2.49.